The molecular weight excluding hydrogens is 347 g/mol. The standard InChI is InChI=1S/C17H21FN4O2.ClH/c1-22-10-3-2-4-11(22)8-9(7-10)20-17-21-15-13(24-17)6-5-12(18)14(15)16(19)23;/h5-6,9-11H,2-4,7-8H2,1H3,(H2,19,23)(H,20,21);1H. The summed E-state index contributed by atoms with van der Waals surface area (Å²) < 4.78 is 19.5. The maximum atomic E-state index is 13.8. The molecule has 4 rings (SSSR count). The van der Waals surface area contributed by atoms with Gasteiger partial charge in [0.25, 0.3) is 11.9 Å². The summed E-state index contributed by atoms with van der Waals surface area (Å²) in [6.45, 7) is 0. The van der Waals surface area contributed by atoms with E-state index in [-0.39, 0.29) is 29.5 Å². The zero-order valence-corrected chi connectivity index (χ0v) is 14.8. The van der Waals surface area contributed by atoms with Crippen molar-refractivity contribution in [3.8, 4) is 0 Å². The molecule has 0 aliphatic carbocycles. The van der Waals surface area contributed by atoms with Crippen molar-refractivity contribution in [2.45, 2.75) is 50.2 Å². The molecule has 6 nitrogen and oxygen atoms in total. The number of primary amides is 1. The molecule has 1 amide bonds. The first-order valence-electron chi connectivity index (χ1n) is 8.40. The van der Waals surface area contributed by atoms with Crippen LogP contribution in [-0.4, -0.2) is 41.0 Å². The molecule has 8 heteroatoms. The first-order valence-corrected chi connectivity index (χ1v) is 8.40. The lowest BCUT2D eigenvalue weighted by molar-refractivity contribution is 0.0604. The first kappa shape index (κ1) is 17.9. The van der Waals surface area contributed by atoms with Gasteiger partial charge in [0.05, 0.1) is 0 Å². The number of fused-ring (bicyclic) bond motifs is 3. The third-order valence-corrected chi connectivity index (χ3v) is 5.42. The second kappa shape index (κ2) is 6.80. The van der Waals surface area contributed by atoms with Gasteiger partial charge >= 0.3 is 0 Å². The number of hydrogen-bond donors (Lipinski definition) is 2. The van der Waals surface area contributed by atoms with Crippen LogP contribution >= 0.6 is 12.4 Å². The summed E-state index contributed by atoms with van der Waals surface area (Å²) >= 11 is 0. The smallest absolute Gasteiger partial charge is 0.295 e. The number of nitrogens with one attached hydrogen (secondary N) is 1. The SMILES string of the molecule is CN1C2CCCC1CC(Nc1nc3c(C(N)=O)c(F)ccc3o1)C2.Cl. The Balaban J connectivity index is 0.00000182. The second-order valence-electron chi connectivity index (χ2n) is 6.87. The van der Waals surface area contributed by atoms with Gasteiger partial charge in [-0.2, -0.15) is 4.98 Å². The number of amides is 1. The number of anilines is 1. The molecule has 25 heavy (non-hydrogen) atoms. The van der Waals surface area contributed by atoms with Crippen LogP contribution in [0.2, 0.25) is 0 Å². The second-order valence-corrected chi connectivity index (χ2v) is 6.87. The number of hydrogen-bond acceptors (Lipinski definition) is 5. The topological polar surface area (TPSA) is 84.4 Å². The van der Waals surface area contributed by atoms with Gasteiger partial charge in [-0.1, -0.05) is 6.42 Å². The Morgan fingerprint density at radius 3 is 2.68 bits per heavy atom. The van der Waals surface area contributed by atoms with Gasteiger partial charge in [0.2, 0.25) is 0 Å². The predicted molar refractivity (Wildman–Crippen MR) is 95.6 cm³/mol. The molecule has 3 N–H and O–H groups in total. The number of rotatable bonds is 3. The summed E-state index contributed by atoms with van der Waals surface area (Å²) in [5.74, 6) is -1.52. The molecule has 2 bridgehead atoms. The highest BCUT2D eigenvalue weighted by Crippen LogP contribution is 2.34. The van der Waals surface area contributed by atoms with Crippen LogP contribution < -0.4 is 11.1 Å². The number of halogens is 2. The fourth-order valence-corrected chi connectivity index (χ4v) is 4.17. The van der Waals surface area contributed by atoms with Gasteiger partial charge < -0.3 is 20.4 Å². The molecular formula is C17H22ClFN4O2. The third-order valence-electron chi connectivity index (χ3n) is 5.42. The molecule has 1 aromatic heterocycles. The fraction of sp³-hybridized carbons (Fsp3) is 0.529. The number of oxazole rings is 1. The quantitative estimate of drug-likeness (QED) is 0.870. The van der Waals surface area contributed by atoms with Crippen LogP contribution in [0.4, 0.5) is 10.4 Å². The van der Waals surface area contributed by atoms with Gasteiger partial charge in [0.15, 0.2) is 5.58 Å². The Bertz CT molecular complexity index is 782. The third kappa shape index (κ3) is 3.18. The summed E-state index contributed by atoms with van der Waals surface area (Å²) in [6, 6.07) is 4.41. The Hall–Kier alpha value is -1.86. The lowest BCUT2D eigenvalue weighted by Gasteiger charge is -2.47. The molecule has 2 aliphatic rings. The number of nitrogens with zero attached hydrogens (tertiary/aromatic N) is 2. The largest absolute Gasteiger partial charge is 0.424 e. The molecule has 3 heterocycles. The number of carbonyl (C=O) groups excluding carboxylic acids is 1. The van der Waals surface area contributed by atoms with Crippen molar-refractivity contribution in [3.63, 3.8) is 0 Å². The number of nitrogens with two attached hydrogens (primary N) is 1. The van der Waals surface area contributed by atoms with Crippen molar-refractivity contribution in [3.05, 3.63) is 23.5 Å². The lowest BCUT2D eigenvalue weighted by Crippen LogP contribution is -2.52. The van der Waals surface area contributed by atoms with Crippen molar-refractivity contribution in [2.24, 2.45) is 5.73 Å². The zero-order valence-electron chi connectivity index (χ0n) is 14.0. The Kier molecular flexibility index (Phi) is 4.88. The van der Waals surface area contributed by atoms with Crippen LogP contribution in [0.15, 0.2) is 16.5 Å². The monoisotopic (exact) mass is 368 g/mol. The molecule has 136 valence electrons. The molecule has 0 spiro atoms. The highest BCUT2D eigenvalue weighted by Gasteiger charge is 2.36. The Morgan fingerprint density at radius 2 is 2.04 bits per heavy atom. The van der Waals surface area contributed by atoms with Crippen LogP contribution in [0.3, 0.4) is 0 Å². The van der Waals surface area contributed by atoms with E-state index in [9.17, 15) is 9.18 Å². The van der Waals surface area contributed by atoms with Crippen molar-refractivity contribution < 1.29 is 13.6 Å². The van der Waals surface area contributed by atoms with E-state index >= 15 is 0 Å². The average Bonchev–Trinajstić information content (AvgIpc) is 2.90. The summed E-state index contributed by atoms with van der Waals surface area (Å²) in [4.78, 5) is 18.2. The maximum Gasteiger partial charge on any atom is 0.295 e. The number of aromatic nitrogens is 1. The number of piperidine rings is 2. The number of carbonyl (C=O) groups is 1. The molecule has 1 aromatic carbocycles. The fourth-order valence-electron chi connectivity index (χ4n) is 4.17. The van der Waals surface area contributed by atoms with E-state index < -0.39 is 11.7 Å². The van der Waals surface area contributed by atoms with Crippen LogP contribution in [-0.2, 0) is 0 Å². The van der Waals surface area contributed by atoms with Crippen molar-refractivity contribution in [1.82, 2.24) is 9.88 Å². The highest BCUT2D eigenvalue weighted by molar-refractivity contribution is 6.04. The summed E-state index contributed by atoms with van der Waals surface area (Å²) in [7, 11) is 2.20. The minimum atomic E-state index is -0.841. The van der Waals surface area contributed by atoms with Gasteiger partial charge in [0.1, 0.15) is 16.9 Å². The van der Waals surface area contributed by atoms with Gasteiger partial charge in [-0.3, -0.25) is 4.79 Å². The van der Waals surface area contributed by atoms with Crippen molar-refractivity contribution in [2.75, 3.05) is 12.4 Å². The normalized spacial score (nSPS) is 26.2. The van der Waals surface area contributed by atoms with E-state index in [0.717, 1.165) is 12.8 Å². The van der Waals surface area contributed by atoms with E-state index in [1.54, 1.807) is 0 Å². The molecule has 2 unspecified atom stereocenters. The Morgan fingerprint density at radius 1 is 1.36 bits per heavy atom. The summed E-state index contributed by atoms with van der Waals surface area (Å²) in [5.41, 5.74) is 5.59. The molecule has 2 fully saturated rings. The highest BCUT2D eigenvalue weighted by atomic mass is 35.5. The van der Waals surface area contributed by atoms with Crippen LogP contribution in [0, 0.1) is 5.82 Å². The van der Waals surface area contributed by atoms with Gasteiger partial charge in [-0.05, 0) is 44.9 Å². The van der Waals surface area contributed by atoms with E-state index in [2.05, 4.69) is 22.2 Å². The van der Waals surface area contributed by atoms with Gasteiger partial charge in [0, 0.05) is 18.1 Å². The van der Waals surface area contributed by atoms with E-state index in [4.69, 9.17) is 10.2 Å². The van der Waals surface area contributed by atoms with Crippen molar-refractivity contribution in [1.29, 1.82) is 0 Å². The zero-order chi connectivity index (χ0) is 16.8. The Labute approximate surface area is 151 Å². The van der Waals surface area contributed by atoms with E-state index in [0.29, 0.717) is 23.7 Å². The molecule has 2 atom stereocenters. The van der Waals surface area contributed by atoms with Gasteiger partial charge in [-0.25, -0.2) is 4.39 Å². The molecule has 2 saturated heterocycles. The first-order chi connectivity index (χ1) is 11.5. The average molecular weight is 369 g/mol. The molecule has 0 saturated carbocycles. The molecule has 2 aromatic rings. The predicted octanol–water partition coefficient (Wildman–Crippen LogP) is 2.91. The number of benzene rings is 1. The van der Waals surface area contributed by atoms with E-state index in [1.165, 1.54) is 31.4 Å². The summed E-state index contributed by atoms with van der Waals surface area (Å²) in [6.07, 6.45) is 5.79. The summed E-state index contributed by atoms with van der Waals surface area (Å²) in [5, 5.41) is 3.33. The van der Waals surface area contributed by atoms with Crippen molar-refractivity contribution >= 4 is 35.4 Å². The van der Waals surface area contributed by atoms with Crippen LogP contribution in [0.1, 0.15) is 42.5 Å². The van der Waals surface area contributed by atoms with Gasteiger partial charge in [-0.15, -0.1) is 12.4 Å². The molecule has 2 aliphatic heterocycles. The minimum absolute atomic E-state index is 0. The van der Waals surface area contributed by atoms with Crippen LogP contribution in [0.25, 0.3) is 11.1 Å². The minimum Gasteiger partial charge on any atom is -0.424 e. The lowest BCUT2D eigenvalue weighted by atomic mass is 9.82. The van der Waals surface area contributed by atoms with Crippen LogP contribution in [0.5, 0.6) is 0 Å². The van der Waals surface area contributed by atoms with E-state index in [1.807, 2.05) is 0 Å². The maximum absolute atomic E-state index is 13.8. The molecule has 0 radical (unpaired) electrons.